The fraction of sp³-hybridized carbons (Fsp3) is 0.409. The monoisotopic (exact) mass is 424 g/mol. The van der Waals surface area contributed by atoms with Crippen LogP contribution in [0.4, 0.5) is 10.1 Å². The van der Waals surface area contributed by atoms with Crippen LogP contribution in [0.5, 0.6) is 0 Å². The Hall–Kier alpha value is -1.62. The second kappa shape index (κ2) is 9.73. The maximum Gasteiger partial charge on any atom is 0.255 e. The second-order valence-electron chi connectivity index (χ2n) is 8.01. The molecule has 0 spiro atoms. The lowest BCUT2D eigenvalue weighted by Crippen LogP contribution is -3.00. The Morgan fingerprint density at radius 1 is 1.11 bits per heavy atom. The molecule has 0 bridgehead atoms. The lowest BCUT2D eigenvalue weighted by molar-refractivity contribution is -0.929. The third kappa shape index (κ3) is 5.69. The predicted molar refractivity (Wildman–Crippen MR) is 108 cm³/mol. The molecule has 152 valence electrons. The number of quaternary nitrogens is 1. The summed E-state index contributed by atoms with van der Waals surface area (Å²) in [6.07, 6.45) is 6.66. The Balaban J connectivity index is 0.00000280. The molecule has 6 heteroatoms. The summed E-state index contributed by atoms with van der Waals surface area (Å²) in [4.78, 5) is 12.3. The zero-order valence-corrected chi connectivity index (χ0v) is 17.9. The van der Waals surface area contributed by atoms with E-state index >= 15 is 0 Å². The number of benzene rings is 2. The fourth-order valence-corrected chi connectivity index (χ4v) is 4.09. The van der Waals surface area contributed by atoms with Gasteiger partial charge in [0.05, 0.1) is 25.2 Å². The molecule has 0 unspecified atom stereocenters. The van der Waals surface area contributed by atoms with Gasteiger partial charge in [-0.3, -0.25) is 4.79 Å². The van der Waals surface area contributed by atoms with Crippen molar-refractivity contribution in [3.8, 4) is 0 Å². The SMILES string of the molecule is C[N+](C)(Cc1ccc(NC(=O)c2ccc(F)c(Cl)c2)cc1)C1CCCCC1.[Cl-]. The Bertz CT molecular complexity index is 803. The molecule has 1 N–H and O–H groups in total. The number of nitrogens with zero attached hydrogens (tertiary/aromatic N) is 1. The van der Waals surface area contributed by atoms with Crippen molar-refractivity contribution in [2.24, 2.45) is 0 Å². The number of nitrogens with one attached hydrogen (secondary N) is 1. The average molecular weight is 425 g/mol. The first-order valence-corrected chi connectivity index (χ1v) is 9.91. The van der Waals surface area contributed by atoms with Crippen LogP contribution >= 0.6 is 11.6 Å². The maximum atomic E-state index is 13.2. The van der Waals surface area contributed by atoms with Gasteiger partial charge in [-0.15, -0.1) is 0 Å². The molecule has 0 saturated heterocycles. The van der Waals surface area contributed by atoms with Crippen LogP contribution < -0.4 is 17.7 Å². The Kier molecular flexibility index (Phi) is 7.87. The molecule has 0 heterocycles. The molecule has 0 aromatic heterocycles. The van der Waals surface area contributed by atoms with Gasteiger partial charge in [0.2, 0.25) is 0 Å². The number of amides is 1. The van der Waals surface area contributed by atoms with Gasteiger partial charge in [-0.25, -0.2) is 4.39 Å². The highest BCUT2D eigenvalue weighted by molar-refractivity contribution is 6.31. The minimum absolute atomic E-state index is 0. The van der Waals surface area contributed by atoms with Crippen molar-refractivity contribution >= 4 is 23.2 Å². The smallest absolute Gasteiger partial charge is 0.255 e. The Labute approximate surface area is 177 Å². The van der Waals surface area contributed by atoms with Crippen LogP contribution in [-0.4, -0.2) is 30.5 Å². The van der Waals surface area contributed by atoms with Gasteiger partial charge < -0.3 is 22.2 Å². The van der Waals surface area contributed by atoms with E-state index in [1.165, 1.54) is 55.9 Å². The summed E-state index contributed by atoms with van der Waals surface area (Å²) in [7, 11) is 4.62. The summed E-state index contributed by atoms with van der Waals surface area (Å²) in [6.45, 7) is 0.979. The molecule has 0 aliphatic heterocycles. The third-order valence-corrected chi connectivity index (χ3v) is 5.84. The first-order chi connectivity index (χ1) is 12.8. The van der Waals surface area contributed by atoms with Crippen LogP contribution in [0.3, 0.4) is 0 Å². The normalized spacial score (nSPS) is 15.0. The zero-order valence-electron chi connectivity index (χ0n) is 16.4. The van der Waals surface area contributed by atoms with Gasteiger partial charge in [-0.05, 0) is 56.0 Å². The van der Waals surface area contributed by atoms with Crippen molar-refractivity contribution in [2.75, 3.05) is 19.4 Å². The van der Waals surface area contributed by atoms with Crippen LogP contribution in [0, 0.1) is 5.82 Å². The first-order valence-electron chi connectivity index (χ1n) is 9.53. The van der Waals surface area contributed by atoms with Crippen molar-refractivity contribution < 1.29 is 26.1 Å². The van der Waals surface area contributed by atoms with Crippen molar-refractivity contribution in [3.05, 3.63) is 64.4 Å². The Morgan fingerprint density at radius 3 is 2.36 bits per heavy atom. The molecule has 2 aromatic carbocycles. The van der Waals surface area contributed by atoms with Crippen LogP contribution in [-0.2, 0) is 6.54 Å². The molecule has 3 nitrogen and oxygen atoms in total. The van der Waals surface area contributed by atoms with Gasteiger partial charge in [0, 0.05) is 16.8 Å². The van der Waals surface area contributed by atoms with Crippen LogP contribution in [0.25, 0.3) is 0 Å². The Morgan fingerprint density at radius 2 is 1.75 bits per heavy atom. The number of rotatable bonds is 5. The van der Waals surface area contributed by atoms with Gasteiger partial charge in [0.15, 0.2) is 0 Å². The molecule has 1 aliphatic carbocycles. The van der Waals surface area contributed by atoms with E-state index in [0.717, 1.165) is 17.1 Å². The first kappa shape index (κ1) is 22.7. The lowest BCUT2D eigenvalue weighted by Gasteiger charge is -2.40. The van der Waals surface area contributed by atoms with Gasteiger partial charge in [0.25, 0.3) is 5.91 Å². The summed E-state index contributed by atoms with van der Waals surface area (Å²) in [5.74, 6) is -0.834. The van der Waals surface area contributed by atoms with E-state index < -0.39 is 5.82 Å². The molecular formula is C22H27Cl2FN2O. The van der Waals surface area contributed by atoms with Gasteiger partial charge in [-0.1, -0.05) is 30.2 Å². The van der Waals surface area contributed by atoms with Crippen molar-refractivity contribution in [1.29, 1.82) is 0 Å². The van der Waals surface area contributed by atoms with E-state index in [1.54, 1.807) is 0 Å². The molecule has 0 radical (unpaired) electrons. The number of halogens is 3. The van der Waals surface area contributed by atoms with Gasteiger partial charge in [-0.2, -0.15) is 0 Å². The van der Waals surface area contributed by atoms with Crippen molar-refractivity contribution in [3.63, 3.8) is 0 Å². The molecule has 28 heavy (non-hydrogen) atoms. The summed E-state index contributed by atoms with van der Waals surface area (Å²) in [5.41, 5.74) is 2.31. The highest BCUT2D eigenvalue weighted by Gasteiger charge is 2.29. The van der Waals surface area contributed by atoms with E-state index in [0.29, 0.717) is 11.3 Å². The molecule has 1 aliphatic rings. The third-order valence-electron chi connectivity index (χ3n) is 5.55. The van der Waals surface area contributed by atoms with Crippen molar-refractivity contribution in [1.82, 2.24) is 0 Å². The molecule has 2 aromatic rings. The minimum atomic E-state index is -0.531. The van der Waals surface area contributed by atoms with Gasteiger partial charge in [0.1, 0.15) is 12.4 Å². The summed E-state index contributed by atoms with van der Waals surface area (Å²) in [6, 6.07) is 12.7. The van der Waals surface area contributed by atoms with Gasteiger partial charge >= 0.3 is 0 Å². The highest BCUT2D eigenvalue weighted by atomic mass is 35.5. The zero-order chi connectivity index (χ0) is 19.4. The molecule has 3 rings (SSSR count). The summed E-state index contributed by atoms with van der Waals surface area (Å²) >= 11 is 5.75. The molecule has 1 fully saturated rings. The summed E-state index contributed by atoms with van der Waals surface area (Å²) in [5, 5.41) is 2.78. The largest absolute Gasteiger partial charge is 1.00 e. The standard InChI is InChI=1S/C22H26ClFN2O.ClH/c1-26(2,19-6-4-3-5-7-19)15-16-8-11-18(12-9-16)25-22(27)17-10-13-21(24)20(23)14-17;/h8-14,19H,3-7,15H2,1-2H3;1H. The predicted octanol–water partition coefficient (Wildman–Crippen LogP) is 2.64. The number of carbonyl (C=O) groups is 1. The number of anilines is 1. The molecule has 1 amide bonds. The van der Waals surface area contributed by atoms with Crippen LogP contribution in [0.1, 0.15) is 48.0 Å². The van der Waals surface area contributed by atoms with E-state index in [-0.39, 0.29) is 23.3 Å². The number of hydrogen-bond donors (Lipinski definition) is 1. The second-order valence-corrected chi connectivity index (χ2v) is 8.42. The van der Waals surface area contributed by atoms with E-state index in [4.69, 9.17) is 11.6 Å². The van der Waals surface area contributed by atoms with E-state index in [2.05, 4.69) is 31.5 Å². The molecular weight excluding hydrogens is 398 g/mol. The van der Waals surface area contributed by atoms with Crippen molar-refractivity contribution in [2.45, 2.75) is 44.7 Å². The minimum Gasteiger partial charge on any atom is -1.00 e. The average Bonchev–Trinajstić information content (AvgIpc) is 2.66. The van der Waals surface area contributed by atoms with Crippen LogP contribution in [0.2, 0.25) is 5.02 Å². The topological polar surface area (TPSA) is 29.1 Å². The molecule has 0 atom stereocenters. The van der Waals surface area contributed by atoms with E-state index in [1.807, 2.05) is 12.1 Å². The molecule has 1 saturated carbocycles. The number of hydrogen-bond acceptors (Lipinski definition) is 1. The number of carbonyl (C=O) groups excluding carboxylic acids is 1. The quantitative estimate of drug-likeness (QED) is 0.734. The van der Waals surface area contributed by atoms with E-state index in [9.17, 15) is 9.18 Å². The highest BCUT2D eigenvalue weighted by Crippen LogP contribution is 2.27. The fourth-order valence-electron chi connectivity index (χ4n) is 3.91. The summed E-state index contributed by atoms with van der Waals surface area (Å²) < 4.78 is 14.2. The lowest BCUT2D eigenvalue weighted by atomic mass is 9.92. The maximum absolute atomic E-state index is 13.2. The van der Waals surface area contributed by atoms with Crippen LogP contribution in [0.15, 0.2) is 42.5 Å².